The molecule has 0 heterocycles. The Hall–Kier alpha value is -2.44. The molecule has 7 heteroatoms. The van der Waals surface area contributed by atoms with E-state index < -0.39 is 6.04 Å². The molecule has 0 radical (unpaired) electrons. The van der Waals surface area contributed by atoms with Gasteiger partial charge in [-0.3, -0.25) is 4.79 Å². The predicted molar refractivity (Wildman–Crippen MR) is 103 cm³/mol. The van der Waals surface area contributed by atoms with Crippen LogP contribution in [-0.2, 0) is 17.8 Å². The highest BCUT2D eigenvalue weighted by atomic mass is 35.5. The van der Waals surface area contributed by atoms with Crippen molar-refractivity contribution in [3.63, 3.8) is 0 Å². The molecule has 0 spiro atoms. The van der Waals surface area contributed by atoms with Gasteiger partial charge in [-0.1, -0.05) is 30.3 Å². The van der Waals surface area contributed by atoms with Crippen LogP contribution in [-0.4, -0.2) is 33.3 Å². The highest BCUT2D eigenvalue weighted by Crippen LogP contribution is 2.34. The van der Waals surface area contributed by atoms with Crippen LogP contribution in [0.5, 0.6) is 17.2 Å². The summed E-state index contributed by atoms with van der Waals surface area (Å²) < 4.78 is 15.9. The molecule has 0 aliphatic heterocycles. The molecule has 142 valence electrons. The third-order valence-electron chi connectivity index (χ3n) is 3.87. The van der Waals surface area contributed by atoms with Crippen LogP contribution in [0.15, 0.2) is 42.5 Å². The molecule has 1 amide bonds. The molecule has 3 N–H and O–H groups in total. The number of nitrogens with one attached hydrogen (secondary N) is 1. The fourth-order valence-electron chi connectivity index (χ4n) is 2.50. The SMILES string of the molecule is COc1cc(OC)c(OC)cc1CNC(=O)C(N)Cc1ccccc1.Cl. The molecule has 2 aromatic carbocycles. The second kappa shape index (κ2) is 10.5. The van der Waals surface area contributed by atoms with Crippen LogP contribution in [0.4, 0.5) is 0 Å². The van der Waals surface area contributed by atoms with Gasteiger partial charge in [0, 0.05) is 18.2 Å². The van der Waals surface area contributed by atoms with Crippen molar-refractivity contribution in [2.45, 2.75) is 19.0 Å². The fraction of sp³-hybridized carbons (Fsp3) is 0.316. The van der Waals surface area contributed by atoms with E-state index in [1.807, 2.05) is 30.3 Å². The van der Waals surface area contributed by atoms with Crippen molar-refractivity contribution in [3.8, 4) is 17.2 Å². The number of hydrogen-bond acceptors (Lipinski definition) is 5. The number of ether oxygens (including phenoxy) is 3. The van der Waals surface area contributed by atoms with Gasteiger partial charge in [-0.15, -0.1) is 12.4 Å². The molecule has 0 aromatic heterocycles. The third-order valence-corrected chi connectivity index (χ3v) is 3.87. The zero-order chi connectivity index (χ0) is 18.2. The van der Waals surface area contributed by atoms with Crippen molar-refractivity contribution in [1.29, 1.82) is 0 Å². The minimum atomic E-state index is -0.617. The highest BCUT2D eigenvalue weighted by molar-refractivity contribution is 5.85. The predicted octanol–water partition coefficient (Wildman–Crippen LogP) is 2.32. The minimum Gasteiger partial charge on any atom is -0.496 e. The molecule has 1 atom stereocenters. The number of amides is 1. The Balaban J connectivity index is 0.00000338. The van der Waals surface area contributed by atoms with Crippen molar-refractivity contribution in [3.05, 3.63) is 53.6 Å². The van der Waals surface area contributed by atoms with E-state index in [9.17, 15) is 4.79 Å². The molecule has 2 aromatic rings. The van der Waals surface area contributed by atoms with Crippen LogP contribution in [0.3, 0.4) is 0 Å². The number of rotatable bonds is 8. The summed E-state index contributed by atoms with van der Waals surface area (Å²) in [5.41, 5.74) is 7.80. The normalized spacial score (nSPS) is 11.1. The Morgan fingerprint density at radius 1 is 1.00 bits per heavy atom. The lowest BCUT2D eigenvalue weighted by atomic mass is 10.1. The molecule has 0 saturated heterocycles. The largest absolute Gasteiger partial charge is 0.496 e. The third kappa shape index (κ3) is 5.54. The average molecular weight is 381 g/mol. The number of halogens is 1. The first kappa shape index (κ1) is 21.6. The van der Waals surface area contributed by atoms with Crippen LogP contribution in [0, 0.1) is 0 Å². The number of carbonyl (C=O) groups excluding carboxylic acids is 1. The summed E-state index contributed by atoms with van der Waals surface area (Å²) in [5, 5.41) is 2.84. The monoisotopic (exact) mass is 380 g/mol. The molecule has 0 bridgehead atoms. The van der Waals surface area contributed by atoms with Gasteiger partial charge in [0.25, 0.3) is 0 Å². The number of carbonyl (C=O) groups is 1. The van der Waals surface area contributed by atoms with E-state index in [0.717, 1.165) is 11.1 Å². The highest BCUT2D eigenvalue weighted by Gasteiger charge is 2.16. The van der Waals surface area contributed by atoms with Gasteiger partial charge in [0.2, 0.25) is 5.91 Å². The fourth-order valence-corrected chi connectivity index (χ4v) is 2.50. The standard InChI is InChI=1S/C19H24N2O4.ClH/c1-23-16-11-18(25-3)17(24-2)10-14(16)12-21-19(22)15(20)9-13-7-5-4-6-8-13;/h4-8,10-11,15H,9,12,20H2,1-3H3,(H,21,22);1H. The van der Waals surface area contributed by atoms with E-state index in [4.69, 9.17) is 19.9 Å². The van der Waals surface area contributed by atoms with Crippen molar-refractivity contribution in [1.82, 2.24) is 5.32 Å². The van der Waals surface area contributed by atoms with Crippen molar-refractivity contribution >= 4 is 18.3 Å². The van der Waals surface area contributed by atoms with Gasteiger partial charge in [-0.2, -0.15) is 0 Å². The number of nitrogens with two attached hydrogens (primary N) is 1. The Kier molecular flexibility index (Phi) is 8.75. The lowest BCUT2D eigenvalue weighted by Gasteiger charge is -2.16. The van der Waals surface area contributed by atoms with Crippen LogP contribution in [0.1, 0.15) is 11.1 Å². The van der Waals surface area contributed by atoms with E-state index >= 15 is 0 Å². The van der Waals surface area contributed by atoms with E-state index in [2.05, 4.69) is 5.32 Å². The summed E-state index contributed by atoms with van der Waals surface area (Å²) in [7, 11) is 4.68. The van der Waals surface area contributed by atoms with Gasteiger partial charge in [0.15, 0.2) is 11.5 Å². The molecule has 6 nitrogen and oxygen atoms in total. The summed E-state index contributed by atoms with van der Waals surface area (Å²) in [5.74, 6) is 1.52. The van der Waals surface area contributed by atoms with Gasteiger partial charge in [0.05, 0.1) is 27.4 Å². The van der Waals surface area contributed by atoms with Gasteiger partial charge < -0.3 is 25.3 Å². The lowest BCUT2D eigenvalue weighted by molar-refractivity contribution is -0.122. The van der Waals surface area contributed by atoms with Crippen LogP contribution >= 0.6 is 12.4 Å². The summed E-state index contributed by atoms with van der Waals surface area (Å²) >= 11 is 0. The van der Waals surface area contributed by atoms with Crippen molar-refractivity contribution in [2.75, 3.05) is 21.3 Å². The van der Waals surface area contributed by atoms with Crippen molar-refractivity contribution < 1.29 is 19.0 Å². The first-order valence-electron chi connectivity index (χ1n) is 7.95. The maximum Gasteiger partial charge on any atom is 0.237 e. The molecule has 26 heavy (non-hydrogen) atoms. The van der Waals surface area contributed by atoms with E-state index in [0.29, 0.717) is 23.7 Å². The summed E-state index contributed by atoms with van der Waals surface area (Å²) in [6, 6.07) is 12.6. The zero-order valence-corrected chi connectivity index (χ0v) is 16.0. The molecule has 0 saturated carbocycles. The summed E-state index contributed by atoms with van der Waals surface area (Å²) in [6.07, 6.45) is 0.482. The zero-order valence-electron chi connectivity index (χ0n) is 15.2. The molecule has 1 unspecified atom stereocenters. The van der Waals surface area contributed by atoms with Crippen LogP contribution in [0.25, 0.3) is 0 Å². The Labute approximate surface area is 160 Å². The van der Waals surface area contributed by atoms with Crippen LogP contribution < -0.4 is 25.3 Å². The second-order valence-corrected chi connectivity index (χ2v) is 5.53. The lowest BCUT2D eigenvalue weighted by Crippen LogP contribution is -2.41. The smallest absolute Gasteiger partial charge is 0.237 e. The Morgan fingerprint density at radius 2 is 1.58 bits per heavy atom. The Morgan fingerprint density at radius 3 is 2.15 bits per heavy atom. The first-order chi connectivity index (χ1) is 12.1. The van der Waals surface area contributed by atoms with Gasteiger partial charge in [-0.25, -0.2) is 0 Å². The maximum absolute atomic E-state index is 12.3. The maximum atomic E-state index is 12.3. The number of methoxy groups -OCH3 is 3. The number of hydrogen-bond donors (Lipinski definition) is 2. The summed E-state index contributed by atoms with van der Waals surface area (Å²) in [6.45, 7) is 0.283. The van der Waals surface area contributed by atoms with Crippen molar-refractivity contribution in [2.24, 2.45) is 5.73 Å². The van der Waals surface area contributed by atoms with E-state index in [1.54, 1.807) is 33.5 Å². The number of benzene rings is 2. The van der Waals surface area contributed by atoms with Gasteiger partial charge in [0.1, 0.15) is 5.75 Å². The van der Waals surface area contributed by atoms with E-state index in [1.165, 1.54) is 0 Å². The van der Waals surface area contributed by atoms with Gasteiger partial charge in [-0.05, 0) is 18.1 Å². The molecular formula is C19H25ClN2O4. The quantitative estimate of drug-likeness (QED) is 0.734. The summed E-state index contributed by atoms with van der Waals surface area (Å²) in [4.78, 5) is 12.3. The molecule has 0 fully saturated rings. The van der Waals surface area contributed by atoms with E-state index in [-0.39, 0.29) is 24.9 Å². The molecule has 2 rings (SSSR count). The average Bonchev–Trinajstić information content (AvgIpc) is 2.65. The first-order valence-corrected chi connectivity index (χ1v) is 7.95. The molecule has 0 aliphatic rings. The van der Waals surface area contributed by atoms with Crippen LogP contribution in [0.2, 0.25) is 0 Å². The topological polar surface area (TPSA) is 82.8 Å². The second-order valence-electron chi connectivity index (χ2n) is 5.53. The molecule has 0 aliphatic carbocycles. The van der Waals surface area contributed by atoms with Gasteiger partial charge >= 0.3 is 0 Å². The Bertz CT molecular complexity index is 710. The molecular weight excluding hydrogens is 356 g/mol. The minimum absolute atomic E-state index is 0.